The van der Waals surface area contributed by atoms with Crippen molar-refractivity contribution in [1.29, 1.82) is 0 Å². The zero-order chi connectivity index (χ0) is 11.8. The van der Waals surface area contributed by atoms with Crippen molar-refractivity contribution in [3.05, 3.63) is 30.5 Å². The van der Waals surface area contributed by atoms with E-state index in [2.05, 4.69) is 4.98 Å². The molecule has 0 spiro atoms. The summed E-state index contributed by atoms with van der Waals surface area (Å²) >= 11 is 0. The van der Waals surface area contributed by atoms with E-state index >= 15 is 0 Å². The van der Waals surface area contributed by atoms with Gasteiger partial charge in [-0.3, -0.25) is 4.79 Å². The Balaban J connectivity index is 2.24. The highest BCUT2D eigenvalue weighted by molar-refractivity contribution is 5.83. The number of hydrogen-bond acceptors (Lipinski definition) is 2. The quantitative estimate of drug-likeness (QED) is 0.589. The Hall–Kier alpha value is -1.77. The van der Waals surface area contributed by atoms with Gasteiger partial charge in [0.1, 0.15) is 5.75 Å². The summed E-state index contributed by atoms with van der Waals surface area (Å²) in [7, 11) is 0. The van der Waals surface area contributed by atoms with E-state index in [0.29, 0.717) is 5.75 Å². The lowest BCUT2D eigenvalue weighted by Gasteiger charge is -2.16. The van der Waals surface area contributed by atoms with Gasteiger partial charge in [0.05, 0.1) is 5.41 Å². The number of H-pyrrole nitrogens is 1. The molecule has 2 rings (SSSR count). The average molecular weight is 217 g/mol. The summed E-state index contributed by atoms with van der Waals surface area (Å²) in [4.78, 5) is 14.8. The fourth-order valence-electron chi connectivity index (χ4n) is 1.35. The Morgan fingerprint density at radius 2 is 2.00 bits per heavy atom. The van der Waals surface area contributed by atoms with Gasteiger partial charge in [0.25, 0.3) is 0 Å². The van der Waals surface area contributed by atoms with Crippen LogP contribution in [0.1, 0.15) is 20.8 Å². The maximum absolute atomic E-state index is 11.7. The monoisotopic (exact) mass is 217 g/mol. The summed E-state index contributed by atoms with van der Waals surface area (Å²) in [5.74, 6) is 0.370. The van der Waals surface area contributed by atoms with Crippen molar-refractivity contribution in [3.8, 4) is 5.75 Å². The first-order valence-corrected chi connectivity index (χ1v) is 5.26. The molecule has 1 aromatic carbocycles. The third kappa shape index (κ3) is 2.08. The molecule has 0 saturated carbocycles. The number of hydrogen-bond donors (Lipinski definition) is 1. The van der Waals surface area contributed by atoms with Gasteiger partial charge in [-0.05, 0) is 45.0 Å². The van der Waals surface area contributed by atoms with Gasteiger partial charge in [0.2, 0.25) is 0 Å². The molecule has 0 radical (unpaired) electrons. The van der Waals surface area contributed by atoms with E-state index in [0.717, 1.165) is 10.9 Å². The summed E-state index contributed by atoms with van der Waals surface area (Å²) in [6.45, 7) is 5.51. The number of nitrogens with one attached hydrogen (secondary N) is 1. The van der Waals surface area contributed by atoms with Gasteiger partial charge < -0.3 is 9.72 Å². The number of aromatic amines is 1. The maximum atomic E-state index is 11.7. The van der Waals surface area contributed by atoms with Gasteiger partial charge in [-0.15, -0.1) is 0 Å². The molecule has 0 fully saturated rings. The van der Waals surface area contributed by atoms with Gasteiger partial charge >= 0.3 is 5.97 Å². The van der Waals surface area contributed by atoms with Crippen LogP contribution in [0.3, 0.4) is 0 Å². The molecule has 2 aromatic rings. The molecule has 16 heavy (non-hydrogen) atoms. The van der Waals surface area contributed by atoms with E-state index in [1.165, 1.54) is 0 Å². The Bertz CT molecular complexity index is 520. The van der Waals surface area contributed by atoms with E-state index in [1.807, 2.05) is 45.2 Å². The fraction of sp³-hybridized carbons (Fsp3) is 0.308. The lowest BCUT2D eigenvalue weighted by molar-refractivity contribution is -0.142. The van der Waals surface area contributed by atoms with Gasteiger partial charge in [-0.25, -0.2) is 0 Å². The van der Waals surface area contributed by atoms with Crippen LogP contribution in [0, 0.1) is 5.41 Å². The number of carbonyl (C=O) groups is 1. The van der Waals surface area contributed by atoms with Crippen LogP contribution in [0.25, 0.3) is 10.9 Å². The largest absolute Gasteiger partial charge is 0.426 e. The van der Waals surface area contributed by atoms with Crippen molar-refractivity contribution in [2.45, 2.75) is 20.8 Å². The van der Waals surface area contributed by atoms with Gasteiger partial charge in [0, 0.05) is 17.1 Å². The SMILES string of the molecule is CC(C)(C)C(=O)Oc1ccc2[nH]ccc2c1. The number of benzene rings is 1. The first-order chi connectivity index (χ1) is 7.47. The summed E-state index contributed by atoms with van der Waals surface area (Å²) in [6.07, 6.45) is 1.86. The van der Waals surface area contributed by atoms with E-state index in [-0.39, 0.29) is 5.97 Å². The smallest absolute Gasteiger partial charge is 0.316 e. The van der Waals surface area contributed by atoms with Crippen molar-refractivity contribution >= 4 is 16.9 Å². The number of carbonyl (C=O) groups excluding carboxylic acids is 1. The Morgan fingerprint density at radius 1 is 1.25 bits per heavy atom. The van der Waals surface area contributed by atoms with E-state index in [9.17, 15) is 4.79 Å². The Labute approximate surface area is 94.4 Å². The van der Waals surface area contributed by atoms with Crippen molar-refractivity contribution in [2.75, 3.05) is 0 Å². The Morgan fingerprint density at radius 3 is 2.69 bits per heavy atom. The van der Waals surface area contributed by atoms with Gasteiger partial charge in [-0.1, -0.05) is 0 Å². The number of esters is 1. The number of ether oxygens (including phenoxy) is 1. The van der Waals surface area contributed by atoms with E-state index < -0.39 is 5.41 Å². The summed E-state index contributed by atoms with van der Waals surface area (Å²) in [5, 5.41) is 1.04. The molecule has 1 aromatic heterocycles. The molecular weight excluding hydrogens is 202 g/mol. The fourth-order valence-corrected chi connectivity index (χ4v) is 1.35. The highest BCUT2D eigenvalue weighted by Gasteiger charge is 2.23. The van der Waals surface area contributed by atoms with Gasteiger partial charge in [-0.2, -0.15) is 0 Å². The normalized spacial score (nSPS) is 11.7. The van der Waals surface area contributed by atoms with Crippen LogP contribution in [-0.2, 0) is 4.79 Å². The minimum absolute atomic E-state index is 0.220. The predicted molar refractivity (Wildman–Crippen MR) is 63.4 cm³/mol. The standard InChI is InChI=1S/C13H15NO2/c1-13(2,3)12(15)16-10-4-5-11-9(8-10)6-7-14-11/h4-8,14H,1-3H3. The van der Waals surface area contributed by atoms with E-state index in [1.54, 1.807) is 6.07 Å². The Kier molecular flexibility index (Phi) is 2.46. The molecule has 0 bridgehead atoms. The second kappa shape index (κ2) is 3.67. The number of rotatable bonds is 1. The number of aromatic nitrogens is 1. The molecule has 0 amide bonds. The second-order valence-electron chi connectivity index (χ2n) is 4.87. The third-order valence-electron chi connectivity index (χ3n) is 2.35. The van der Waals surface area contributed by atoms with Gasteiger partial charge in [0.15, 0.2) is 0 Å². The van der Waals surface area contributed by atoms with Crippen molar-refractivity contribution in [3.63, 3.8) is 0 Å². The lowest BCUT2D eigenvalue weighted by atomic mass is 9.97. The van der Waals surface area contributed by atoms with Crippen LogP contribution in [0.4, 0.5) is 0 Å². The molecule has 0 aliphatic heterocycles. The topological polar surface area (TPSA) is 42.1 Å². The van der Waals surface area contributed by atoms with Crippen molar-refractivity contribution in [1.82, 2.24) is 4.98 Å². The molecule has 0 aliphatic rings. The molecule has 3 nitrogen and oxygen atoms in total. The van der Waals surface area contributed by atoms with E-state index in [4.69, 9.17) is 4.74 Å². The lowest BCUT2D eigenvalue weighted by Crippen LogP contribution is -2.25. The van der Waals surface area contributed by atoms with Crippen LogP contribution in [-0.4, -0.2) is 11.0 Å². The minimum atomic E-state index is -0.479. The predicted octanol–water partition coefficient (Wildman–Crippen LogP) is 3.12. The highest BCUT2D eigenvalue weighted by Crippen LogP contribution is 2.23. The van der Waals surface area contributed by atoms with Crippen molar-refractivity contribution < 1.29 is 9.53 Å². The zero-order valence-corrected chi connectivity index (χ0v) is 9.70. The first kappa shape index (κ1) is 10.7. The molecule has 3 heteroatoms. The summed E-state index contributed by atoms with van der Waals surface area (Å²) in [5.41, 5.74) is 0.558. The molecule has 0 aliphatic carbocycles. The molecule has 0 atom stereocenters. The van der Waals surface area contributed by atoms with Crippen LogP contribution in [0.5, 0.6) is 5.75 Å². The minimum Gasteiger partial charge on any atom is -0.426 e. The second-order valence-corrected chi connectivity index (χ2v) is 4.87. The van der Waals surface area contributed by atoms with Crippen molar-refractivity contribution in [2.24, 2.45) is 5.41 Å². The summed E-state index contributed by atoms with van der Waals surface area (Å²) < 4.78 is 5.30. The molecule has 84 valence electrons. The zero-order valence-electron chi connectivity index (χ0n) is 9.70. The summed E-state index contributed by atoms with van der Waals surface area (Å²) in [6, 6.07) is 7.50. The number of fused-ring (bicyclic) bond motifs is 1. The van der Waals surface area contributed by atoms with Crippen LogP contribution >= 0.6 is 0 Å². The molecule has 1 heterocycles. The maximum Gasteiger partial charge on any atom is 0.316 e. The third-order valence-corrected chi connectivity index (χ3v) is 2.35. The molecular formula is C13H15NO2. The highest BCUT2D eigenvalue weighted by atomic mass is 16.5. The van der Waals surface area contributed by atoms with Crippen LogP contribution < -0.4 is 4.74 Å². The van der Waals surface area contributed by atoms with Crippen LogP contribution in [0.15, 0.2) is 30.5 Å². The first-order valence-electron chi connectivity index (χ1n) is 5.26. The molecule has 1 N–H and O–H groups in total. The average Bonchev–Trinajstić information content (AvgIpc) is 2.63. The molecule has 0 saturated heterocycles. The molecule has 0 unspecified atom stereocenters. The van der Waals surface area contributed by atoms with Crippen LogP contribution in [0.2, 0.25) is 0 Å².